The van der Waals surface area contributed by atoms with Crippen LogP contribution < -0.4 is 4.80 Å². The number of amides is 1. The predicted molar refractivity (Wildman–Crippen MR) is 101 cm³/mol. The van der Waals surface area contributed by atoms with Gasteiger partial charge in [-0.25, -0.2) is 0 Å². The van der Waals surface area contributed by atoms with Gasteiger partial charge in [-0.15, -0.1) is 0 Å². The summed E-state index contributed by atoms with van der Waals surface area (Å²) in [6.07, 6.45) is 0. The van der Waals surface area contributed by atoms with Gasteiger partial charge in [0.05, 0.1) is 10.2 Å². The van der Waals surface area contributed by atoms with E-state index in [9.17, 15) is 9.59 Å². The number of benzene rings is 2. The number of aromatic nitrogens is 1. The van der Waals surface area contributed by atoms with Gasteiger partial charge in [0.25, 0.3) is 5.91 Å². The van der Waals surface area contributed by atoms with Crippen LogP contribution in [0.5, 0.6) is 0 Å². The highest BCUT2D eigenvalue weighted by Gasteiger charge is 2.10. The van der Waals surface area contributed by atoms with Crippen molar-refractivity contribution in [2.75, 3.05) is 0 Å². The minimum Gasteiger partial charge on any atom is -0.317 e. The minimum absolute atomic E-state index is 0.0185. The Hall–Kier alpha value is -2.53. The van der Waals surface area contributed by atoms with Crippen molar-refractivity contribution in [2.24, 2.45) is 4.99 Å². The summed E-state index contributed by atoms with van der Waals surface area (Å²) in [5, 5.41) is 0. The van der Waals surface area contributed by atoms with Crippen LogP contribution in [0.4, 0.5) is 0 Å². The Kier molecular flexibility index (Phi) is 4.68. The monoisotopic (exact) mass is 352 g/mol. The molecule has 0 radical (unpaired) electrons. The van der Waals surface area contributed by atoms with Crippen molar-refractivity contribution < 1.29 is 9.59 Å². The maximum atomic E-state index is 12.5. The topological polar surface area (TPSA) is 51.4 Å². The Labute approximate surface area is 150 Å². The molecule has 25 heavy (non-hydrogen) atoms. The summed E-state index contributed by atoms with van der Waals surface area (Å²) in [6.45, 7) is 8.48. The number of fused-ring (bicyclic) bond motifs is 1. The van der Waals surface area contributed by atoms with Crippen molar-refractivity contribution in [3.05, 3.63) is 63.5 Å². The lowest BCUT2D eigenvalue weighted by atomic mass is 10.1. The van der Waals surface area contributed by atoms with Gasteiger partial charge in [-0.2, -0.15) is 4.99 Å². The molecule has 0 fully saturated rings. The lowest BCUT2D eigenvalue weighted by Gasteiger charge is -2.03. The van der Waals surface area contributed by atoms with Gasteiger partial charge < -0.3 is 4.57 Å². The Morgan fingerprint density at radius 3 is 2.24 bits per heavy atom. The molecule has 0 aliphatic heterocycles. The number of aryl methyl sites for hydroxylation is 3. The lowest BCUT2D eigenvalue weighted by Crippen LogP contribution is -2.16. The molecule has 1 heterocycles. The number of hydrogen-bond donors (Lipinski definition) is 0. The molecule has 3 aromatic rings. The summed E-state index contributed by atoms with van der Waals surface area (Å²) in [7, 11) is 0. The number of Topliss-reactive ketones (excluding diaryl/α,β-unsaturated/α-hetero) is 1. The number of nitrogens with zero attached hydrogens (tertiary/aromatic N) is 2. The summed E-state index contributed by atoms with van der Waals surface area (Å²) in [5.74, 6) is -0.313. The smallest absolute Gasteiger partial charge is 0.279 e. The molecule has 0 saturated carbocycles. The summed E-state index contributed by atoms with van der Waals surface area (Å²) in [4.78, 5) is 28.9. The highest BCUT2D eigenvalue weighted by molar-refractivity contribution is 7.16. The van der Waals surface area contributed by atoms with Crippen molar-refractivity contribution in [3.63, 3.8) is 0 Å². The lowest BCUT2D eigenvalue weighted by molar-refractivity contribution is 0.0991. The molecule has 1 amide bonds. The molecule has 0 unspecified atom stereocenters. The highest BCUT2D eigenvalue weighted by atomic mass is 32.1. The van der Waals surface area contributed by atoms with Crippen LogP contribution in [0.3, 0.4) is 0 Å². The third kappa shape index (κ3) is 3.33. The maximum Gasteiger partial charge on any atom is 0.279 e. The second-order valence-corrected chi connectivity index (χ2v) is 7.09. The van der Waals surface area contributed by atoms with E-state index in [1.165, 1.54) is 29.4 Å². The molecular weight excluding hydrogens is 332 g/mol. The van der Waals surface area contributed by atoms with E-state index in [4.69, 9.17) is 0 Å². The van der Waals surface area contributed by atoms with Gasteiger partial charge >= 0.3 is 0 Å². The fourth-order valence-corrected chi connectivity index (χ4v) is 3.88. The normalized spacial score (nSPS) is 11.9. The maximum absolute atomic E-state index is 12.5. The van der Waals surface area contributed by atoms with Gasteiger partial charge in [-0.05, 0) is 63.1 Å². The number of rotatable bonds is 3. The molecule has 0 N–H and O–H groups in total. The number of ketones is 1. The number of carbonyl (C=O) groups excluding carboxylic acids is 2. The zero-order chi connectivity index (χ0) is 18.1. The average molecular weight is 352 g/mol. The quantitative estimate of drug-likeness (QED) is 0.661. The van der Waals surface area contributed by atoms with Gasteiger partial charge in [-0.3, -0.25) is 9.59 Å². The first-order valence-electron chi connectivity index (χ1n) is 8.21. The number of hydrogen-bond acceptors (Lipinski definition) is 3. The standard InChI is InChI=1S/C20H20N2O2S/c1-5-22-17-10-12(2)13(3)11-18(17)25-20(22)21-19(24)16-8-6-15(7-9-16)14(4)23/h6-11H,5H2,1-4H3. The van der Waals surface area contributed by atoms with Crippen LogP contribution in [0.1, 0.15) is 45.7 Å². The van der Waals surface area contributed by atoms with Crippen LogP contribution in [0.25, 0.3) is 10.2 Å². The van der Waals surface area contributed by atoms with Crippen LogP contribution in [0.15, 0.2) is 41.4 Å². The Morgan fingerprint density at radius 1 is 1.04 bits per heavy atom. The summed E-state index contributed by atoms with van der Waals surface area (Å²) >= 11 is 1.52. The van der Waals surface area contributed by atoms with Gasteiger partial charge in [0.1, 0.15) is 0 Å². The first-order chi connectivity index (χ1) is 11.9. The molecule has 3 rings (SSSR count). The molecule has 128 valence electrons. The van der Waals surface area contributed by atoms with Crippen molar-refractivity contribution >= 4 is 33.2 Å². The Morgan fingerprint density at radius 2 is 1.64 bits per heavy atom. The zero-order valence-electron chi connectivity index (χ0n) is 14.8. The molecule has 4 nitrogen and oxygen atoms in total. The highest BCUT2D eigenvalue weighted by Crippen LogP contribution is 2.22. The molecule has 0 saturated heterocycles. The second-order valence-electron chi connectivity index (χ2n) is 6.08. The van der Waals surface area contributed by atoms with E-state index in [-0.39, 0.29) is 11.7 Å². The third-order valence-corrected chi connectivity index (χ3v) is 5.39. The van der Waals surface area contributed by atoms with Gasteiger partial charge in [-0.1, -0.05) is 23.5 Å². The van der Waals surface area contributed by atoms with Crippen LogP contribution in [-0.2, 0) is 6.54 Å². The first kappa shape index (κ1) is 17.3. The van der Waals surface area contributed by atoms with Crippen molar-refractivity contribution in [1.82, 2.24) is 4.57 Å². The van der Waals surface area contributed by atoms with E-state index >= 15 is 0 Å². The third-order valence-electron chi connectivity index (χ3n) is 4.35. The number of carbonyl (C=O) groups is 2. The van der Waals surface area contributed by atoms with E-state index in [1.54, 1.807) is 24.3 Å². The molecule has 5 heteroatoms. The van der Waals surface area contributed by atoms with E-state index in [2.05, 4.69) is 35.5 Å². The molecule has 2 aromatic carbocycles. The fraction of sp³-hybridized carbons (Fsp3) is 0.250. The molecule has 0 spiro atoms. The SMILES string of the molecule is CCn1c(=NC(=O)c2ccc(C(C)=O)cc2)sc2cc(C)c(C)cc21. The van der Waals surface area contributed by atoms with Crippen molar-refractivity contribution in [2.45, 2.75) is 34.2 Å². The molecule has 0 bridgehead atoms. The summed E-state index contributed by atoms with van der Waals surface area (Å²) < 4.78 is 3.19. The van der Waals surface area contributed by atoms with Crippen LogP contribution >= 0.6 is 11.3 Å². The van der Waals surface area contributed by atoms with Crippen LogP contribution in [0, 0.1) is 13.8 Å². The first-order valence-corrected chi connectivity index (χ1v) is 9.03. The Balaban J connectivity index is 2.08. The van der Waals surface area contributed by atoms with Crippen LogP contribution in [-0.4, -0.2) is 16.3 Å². The van der Waals surface area contributed by atoms with Gasteiger partial charge in [0, 0.05) is 17.7 Å². The molecule has 0 atom stereocenters. The van der Waals surface area contributed by atoms with Gasteiger partial charge in [0.2, 0.25) is 0 Å². The molecule has 1 aromatic heterocycles. The summed E-state index contributed by atoms with van der Waals surface area (Å²) in [5.41, 5.74) is 4.64. The molecule has 0 aliphatic carbocycles. The molecule has 0 aliphatic rings. The largest absolute Gasteiger partial charge is 0.317 e. The van der Waals surface area contributed by atoms with E-state index in [0.717, 1.165) is 16.8 Å². The second kappa shape index (κ2) is 6.76. The van der Waals surface area contributed by atoms with E-state index in [1.807, 2.05) is 6.92 Å². The van der Waals surface area contributed by atoms with E-state index in [0.29, 0.717) is 15.9 Å². The fourth-order valence-electron chi connectivity index (χ4n) is 2.71. The summed E-state index contributed by atoms with van der Waals surface area (Å²) in [6, 6.07) is 10.9. The van der Waals surface area contributed by atoms with Crippen molar-refractivity contribution in [3.8, 4) is 0 Å². The molecular formula is C20H20N2O2S. The van der Waals surface area contributed by atoms with Crippen LogP contribution in [0.2, 0.25) is 0 Å². The van der Waals surface area contributed by atoms with Crippen molar-refractivity contribution in [1.29, 1.82) is 0 Å². The van der Waals surface area contributed by atoms with Gasteiger partial charge in [0.15, 0.2) is 10.6 Å². The Bertz CT molecular complexity index is 1040. The minimum atomic E-state index is -0.294. The number of thiazole rings is 1. The predicted octanol–water partition coefficient (Wildman–Crippen LogP) is 4.28. The average Bonchev–Trinajstić information content (AvgIpc) is 2.91. The zero-order valence-corrected chi connectivity index (χ0v) is 15.6. The van der Waals surface area contributed by atoms with E-state index < -0.39 is 0 Å².